The largest absolute Gasteiger partial charge is 0.384 e. The first-order chi connectivity index (χ1) is 8.09. The van der Waals surface area contributed by atoms with Gasteiger partial charge >= 0.3 is 5.82 Å². The third kappa shape index (κ3) is 2.18. The van der Waals surface area contributed by atoms with Gasteiger partial charge in [0.2, 0.25) is 5.82 Å². The van der Waals surface area contributed by atoms with E-state index in [0.717, 1.165) is 5.56 Å². The van der Waals surface area contributed by atoms with Gasteiger partial charge in [-0.15, -0.1) is 0 Å². The van der Waals surface area contributed by atoms with Crippen molar-refractivity contribution < 1.29 is 4.92 Å². The van der Waals surface area contributed by atoms with Crippen molar-refractivity contribution in [2.75, 3.05) is 0 Å². The molecule has 5 heteroatoms. The number of rotatable bonds is 3. The number of hydrogen-bond donors (Lipinski definition) is 0. The summed E-state index contributed by atoms with van der Waals surface area (Å²) in [4.78, 5) is 14.3. The molecule has 0 saturated carbocycles. The first kappa shape index (κ1) is 11.3. The fraction of sp³-hybridized carbons (Fsp3) is 0.250. The summed E-state index contributed by atoms with van der Waals surface area (Å²) in [5.74, 6) is 0.608. The van der Waals surface area contributed by atoms with Crippen molar-refractivity contribution in [3.05, 3.63) is 57.5 Å². The van der Waals surface area contributed by atoms with Crippen LogP contribution in [0.2, 0.25) is 0 Å². The van der Waals surface area contributed by atoms with E-state index in [1.165, 1.54) is 0 Å². The molecule has 0 aliphatic carbocycles. The van der Waals surface area contributed by atoms with Gasteiger partial charge in [0.25, 0.3) is 0 Å². The van der Waals surface area contributed by atoms with E-state index < -0.39 is 4.92 Å². The summed E-state index contributed by atoms with van der Waals surface area (Å²) in [6.07, 6.45) is 0. The maximum absolute atomic E-state index is 10.8. The first-order valence-electron chi connectivity index (χ1n) is 5.31. The van der Waals surface area contributed by atoms with Crippen LogP contribution < -0.4 is 0 Å². The van der Waals surface area contributed by atoms with Gasteiger partial charge < -0.3 is 14.7 Å². The van der Waals surface area contributed by atoms with E-state index in [9.17, 15) is 10.1 Å². The average Bonchev–Trinajstić information content (AvgIpc) is 2.58. The molecule has 0 aliphatic rings. The van der Waals surface area contributed by atoms with Gasteiger partial charge in [-0.05, 0) is 22.4 Å². The summed E-state index contributed by atoms with van der Waals surface area (Å²) in [6.45, 7) is 4.11. The standard InChI is InChI=1S/C12H13N3O2/c1-9-12(15(16)17)13-10(2)14(9)8-11-6-4-3-5-7-11/h3-7H,8H2,1-2H3. The van der Waals surface area contributed by atoms with Crippen molar-refractivity contribution >= 4 is 5.82 Å². The Morgan fingerprint density at radius 1 is 1.29 bits per heavy atom. The molecule has 0 atom stereocenters. The van der Waals surface area contributed by atoms with E-state index in [0.29, 0.717) is 18.1 Å². The molecule has 1 aromatic heterocycles. The fourth-order valence-electron chi connectivity index (χ4n) is 1.83. The minimum Gasteiger partial charge on any atom is -0.358 e. The average molecular weight is 231 g/mol. The van der Waals surface area contributed by atoms with E-state index in [-0.39, 0.29) is 5.82 Å². The van der Waals surface area contributed by atoms with Crippen LogP contribution in [0.3, 0.4) is 0 Å². The molecule has 0 bridgehead atoms. The molecule has 0 spiro atoms. The van der Waals surface area contributed by atoms with Crippen LogP contribution >= 0.6 is 0 Å². The van der Waals surface area contributed by atoms with E-state index in [1.54, 1.807) is 13.8 Å². The number of aryl methyl sites for hydroxylation is 1. The second-order valence-electron chi connectivity index (χ2n) is 3.90. The summed E-state index contributed by atoms with van der Waals surface area (Å²) in [5, 5.41) is 10.8. The zero-order chi connectivity index (χ0) is 12.4. The van der Waals surface area contributed by atoms with Crippen LogP contribution in [0.4, 0.5) is 5.82 Å². The number of imidazole rings is 1. The third-order valence-corrected chi connectivity index (χ3v) is 2.74. The molecule has 0 saturated heterocycles. The molecule has 0 unspecified atom stereocenters. The molecule has 5 nitrogen and oxygen atoms in total. The Labute approximate surface area is 98.9 Å². The molecule has 0 N–H and O–H groups in total. The van der Waals surface area contributed by atoms with Crippen LogP contribution in [0.25, 0.3) is 0 Å². The van der Waals surface area contributed by atoms with Gasteiger partial charge in [-0.2, -0.15) is 0 Å². The van der Waals surface area contributed by atoms with Gasteiger partial charge in [-0.3, -0.25) is 0 Å². The topological polar surface area (TPSA) is 61.0 Å². The number of benzene rings is 1. The number of hydrogen-bond acceptors (Lipinski definition) is 3. The lowest BCUT2D eigenvalue weighted by atomic mass is 10.2. The lowest BCUT2D eigenvalue weighted by Crippen LogP contribution is -2.04. The fourth-order valence-corrected chi connectivity index (χ4v) is 1.83. The zero-order valence-electron chi connectivity index (χ0n) is 9.75. The van der Waals surface area contributed by atoms with E-state index in [4.69, 9.17) is 0 Å². The van der Waals surface area contributed by atoms with Crippen LogP contribution in [0, 0.1) is 24.0 Å². The summed E-state index contributed by atoms with van der Waals surface area (Å²) in [6, 6.07) is 9.83. The third-order valence-electron chi connectivity index (χ3n) is 2.74. The van der Waals surface area contributed by atoms with Crippen molar-refractivity contribution in [3.63, 3.8) is 0 Å². The van der Waals surface area contributed by atoms with Crippen LogP contribution in [-0.2, 0) is 6.54 Å². The Morgan fingerprint density at radius 3 is 2.47 bits per heavy atom. The molecule has 0 radical (unpaired) electrons. The van der Waals surface area contributed by atoms with Gasteiger partial charge in [-0.25, -0.2) is 0 Å². The molecule has 0 fully saturated rings. The SMILES string of the molecule is Cc1nc([N+](=O)[O-])c(C)n1Cc1ccccc1. The predicted molar refractivity (Wildman–Crippen MR) is 63.9 cm³/mol. The second-order valence-corrected chi connectivity index (χ2v) is 3.90. The van der Waals surface area contributed by atoms with Gasteiger partial charge in [0.05, 0.1) is 6.54 Å². The van der Waals surface area contributed by atoms with Crippen molar-refractivity contribution in [2.24, 2.45) is 0 Å². The maximum Gasteiger partial charge on any atom is 0.384 e. The normalized spacial score (nSPS) is 10.5. The minimum absolute atomic E-state index is 0.0570. The molecule has 1 aromatic carbocycles. The quantitative estimate of drug-likeness (QED) is 0.602. The second kappa shape index (κ2) is 4.37. The first-order valence-corrected chi connectivity index (χ1v) is 5.31. The summed E-state index contributed by atoms with van der Waals surface area (Å²) >= 11 is 0. The van der Waals surface area contributed by atoms with Gasteiger partial charge in [0.1, 0.15) is 5.69 Å². The lowest BCUT2D eigenvalue weighted by molar-refractivity contribution is -0.390. The molecule has 2 aromatic rings. The van der Waals surface area contributed by atoms with Crippen LogP contribution in [0.15, 0.2) is 30.3 Å². The highest BCUT2D eigenvalue weighted by Crippen LogP contribution is 2.19. The Hall–Kier alpha value is -2.17. The Balaban J connectivity index is 2.37. The minimum atomic E-state index is -0.441. The summed E-state index contributed by atoms with van der Waals surface area (Å²) in [5.41, 5.74) is 1.70. The number of nitrogens with zero attached hydrogens (tertiary/aromatic N) is 3. The molecular weight excluding hydrogens is 218 g/mol. The van der Waals surface area contributed by atoms with Crippen molar-refractivity contribution in [2.45, 2.75) is 20.4 Å². The number of aromatic nitrogens is 2. The number of nitro groups is 1. The van der Waals surface area contributed by atoms with Crippen molar-refractivity contribution in [1.82, 2.24) is 9.55 Å². The summed E-state index contributed by atoms with van der Waals surface area (Å²) in [7, 11) is 0. The van der Waals surface area contributed by atoms with Gasteiger partial charge in [-0.1, -0.05) is 30.3 Å². The van der Waals surface area contributed by atoms with Crippen LogP contribution in [0.5, 0.6) is 0 Å². The molecule has 2 rings (SSSR count). The Morgan fingerprint density at radius 2 is 1.94 bits per heavy atom. The van der Waals surface area contributed by atoms with Gasteiger partial charge in [0.15, 0.2) is 0 Å². The van der Waals surface area contributed by atoms with E-state index >= 15 is 0 Å². The molecule has 17 heavy (non-hydrogen) atoms. The predicted octanol–water partition coefficient (Wildman–Crippen LogP) is 2.46. The van der Waals surface area contributed by atoms with Crippen LogP contribution in [0.1, 0.15) is 17.1 Å². The monoisotopic (exact) mass is 231 g/mol. The molecule has 0 aliphatic heterocycles. The highest BCUT2D eigenvalue weighted by molar-refractivity contribution is 5.29. The van der Waals surface area contributed by atoms with Crippen molar-refractivity contribution in [3.8, 4) is 0 Å². The summed E-state index contributed by atoms with van der Waals surface area (Å²) < 4.78 is 1.85. The maximum atomic E-state index is 10.8. The Bertz CT molecular complexity index is 546. The van der Waals surface area contributed by atoms with E-state index in [1.807, 2.05) is 34.9 Å². The smallest absolute Gasteiger partial charge is 0.358 e. The van der Waals surface area contributed by atoms with Crippen LogP contribution in [-0.4, -0.2) is 14.5 Å². The van der Waals surface area contributed by atoms with E-state index in [2.05, 4.69) is 4.98 Å². The zero-order valence-corrected chi connectivity index (χ0v) is 9.75. The van der Waals surface area contributed by atoms with Crippen molar-refractivity contribution in [1.29, 1.82) is 0 Å². The molecule has 88 valence electrons. The molecule has 1 heterocycles. The lowest BCUT2D eigenvalue weighted by Gasteiger charge is -2.05. The molecule has 0 amide bonds. The molecular formula is C12H13N3O2. The highest BCUT2D eigenvalue weighted by Gasteiger charge is 2.21. The van der Waals surface area contributed by atoms with Gasteiger partial charge in [0, 0.05) is 6.92 Å². The Kier molecular flexibility index (Phi) is 2.91. The highest BCUT2D eigenvalue weighted by atomic mass is 16.6.